The Balaban J connectivity index is 1.15. The van der Waals surface area contributed by atoms with Crippen molar-refractivity contribution in [1.82, 2.24) is 9.13 Å². The maximum Gasteiger partial charge on any atom is 0.115 e. The standard InChI is InChI=1S/C54H29B7N2/c55-46-42(35-24-27-40-39(29-35)43-38(32-14-6-2-7-15-32)20-11-21-41(43)62(40)36-18-8-3-9-19-36)47(56)51(60)53-44(46)45-48(57)49(58)50(59)52(61)54(45)63(53)37-25-22-31(23-26-37)34-17-10-16-33(28-34)30-12-4-1-5-13-30/h1-29H. The first kappa shape index (κ1) is 38.9. The third kappa shape index (κ3) is 6.04. The minimum Gasteiger partial charge on any atom is -0.311 e. The SMILES string of the molecule is [B]c1c([B])c([B])c2c(c1[B])c1c([B])c(-c3ccc4c(c3)c3c(-c5ccccc5)cccc3n4-c3ccccc3)c([B])c([B])c1n2-c1ccc(-c2cccc(-c3ccccc3)c2)cc1. The molecule has 0 aliphatic rings. The van der Waals surface area contributed by atoms with E-state index in [4.69, 9.17) is 54.9 Å². The van der Waals surface area contributed by atoms with E-state index < -0.39 is 0 Å². The predicted octanol–water partition coefficient (Wildman–Crippen LogP) is 6.11. The Kier molecular flexibility index (Phi) is 9.35. The molecule has 276 valence electrons. The lowest BCUT2D eigenvalue weighted by atomic mass is 9.64. The Morgan fingerprint density at radius 1 is 0.286 bits per heavy atom. The molecule has 11 aromatic rings. The molecular weight excluding hydrogens is 752 g/mol. The maximum absolute atomic E-state index is 7.40. The molecule has 0 atom stereocenters. The van der Waals surface area contributed by atoms with Crippen LogP contribution in [-0.4, -0.2) is 64.1 Å². The number of benzene rings is 9. The minimum atomic E-state index is 0.174. The lowest BCUT2D eigenvalue weighted by Crippen LogP contribution is -2.48. The van der Waals surface area contributed by atoms with Crippen LogP contribution < -0.4 is 38.2 Å². The number of fused-ring (bicyclic) bond motifs is 6. The smallest absolute Gasteiger partial charge is 0.115 e. The Hall–Kier alpha value is -6.97. The van der Waals surface area contributed by atoms with Crippen LogP contribution in [0.15, 0.2) is 176 Å². The molecule has 0 unspecified atom stereocenters. The fraction of sp³-hybridized carbons (Fsp3) is 0. The average molecular weight is 782 g/mol. The average Bonchev–Trinajstić information content (AvgIpc) is 3.87. The van der Waals surface area contributed by atoms with Gasteiger partial charge in [0.25, 0.3) is 0 Å². The summed E-state index contributed by atoms with van der Waals surface area (Å²) in [6.45, 7) is 0. The summed E-state index contributed by atoms with van der Waals surface area (Å²) in [5.41, 5.74) is 14.9. The molecule has 0 saturated heterocycles. The number of hydrogen-bond donors (Lipinski definition) is 0. The minimum absolute atomic E-state index is 0.174. The molecule has 9 aromatic carbocycles. The molecular formula is C54H29B7N2. The highest BCUT2D eigenvalue weighted by Crippen LogP contribution is 2.40. The molecule has 0 N–H and O–H groups in total. The largest absolute Gasteiger partial charge is 0.311 e. The first-order valence-corrected chi connectivity index (χ1v) is 20.7. The second kappa shape index (κ2) is 15.1. The van der Waals surface area contributed by atoms with E-state index in [1.54, 1.807) is 0 Å². The zero-order chi connectivity index (χ0) is 43.1. The van der Waals surface area contributed by atoms with E-state index >= 15 is 0 Å². The topological polar surface area (TPSA) is 9.86 Å². The fourth-order valence-corrected chi connectivity index (χ4v) is 9.51. The number of aromatic nitrogens is 2. The van der Waals surface area contributed by atoms with Crippen LogP contribution in [0.5, 0.6) is 0 Å². The normalized spacial score (nSPS) is 11.6. The van der Waals surface area contributed by atoms with Crippen molar-refractivity contribution in [2.45, 2.75) is 0 Å². The van der Waals surface area contributed by atoms with Crippen molar-refractivity contribution in [2.24, 2.45) is 0 Å². The highest BCUT2D eigenvalue weighted by Gasteiger charge is 2.25. The van der Waals surface area contributed by atoms with Crippen molar-refractivity contribution in [3.05, 3.63) is 176 Å². The summed E-state index contributed by atoms with van der Waals surface area (Å²) < 4.78 is 4.24. The van der Waals surface area contributed by atoms with Gasteiger partial charge in [-0.3, -0.25) is 0 Å². The van der Waals surface area contributed by atoms with Crippen LogP contribution in [0.25, 0.3) is 99.5 Å². The first-order valence-electron chi connectivity index (χ1n) is 20.7. The van der Waals surface area contributed by atoms with E-state index in [1.165, 1.54) is 0 Å². The molecule has 0 spiro atoms. The molecule has 0 aliphatic carbocycles. The summed E-state index contributed by atoms with van der Waals surface area (Å²) in [4.78, 5) is 0. The van der Waals surface area contributed by atoms with Gasteiger partial charge in [-0.2, -0.15) is 0 Å². The van der Waals surface area contributed by atoms with Gasteiger partial charge < -0.3 is 9.13 Å². The Morgan fingerprint density at radius 3 is 1.46 bits per heavy atom. The predicted molar refractivity (Wildman–Crippen MR) is 275 cm³/mol. The van der Waals surface area contributed by atoms with Crippen LogP contribution in [0, 0.1) is 0 Å². The molecule has 63 heavy (non-hydrogen) atoms. The van der Waals surface area contributed by atoms with Crippen LogP contribution in [0.2, 0.25) is 0 Å². The highest BCUT2D eigenvalue weighted by molar-refractivity contribution is 6.69. The van der Waals surface area contributed by atoms with Crippen LogP contribution in [0.1, 0.15) is 0 Å². The summed E-state index contributed by atoms with van der Waals surface area (Å²) in [6, 6.07) is 60.5. The molecule has 2 nitrogen and oxygen atoms in total. The van der Waals surface area contributed by atoms with Crippen LogP contribution in [-0.2, 0) is 0 Å². The van der Waals surface area contributed by atoms with E-state index in [0.717, 1.165) is 72.1 Å². The molecule has 0 bridgehead atoms. The first-order chi connectivity index (χ1) is 30.7. The maximum atomic E-state index is 7.40. The van der Waals surface area contributed by atoms with Gasteiger partial charge in [0.2, 0.25) is 0 Å². The van der Waals surface area contributed by atoms with Crippen molar-refractivity contribution >= 4 is 137 Å². The zero-order valence-electron chi connectivity index (χ0n) is 34.2. The van der Waals surface area contributed by atoms with Gasteiger partial charge >= 0.3 is 0 Å². The lowest BCUT2D eigenvalue weighted by molar-refractivity contribution is 1.18. The summed E-state index contributed by atoms with van der Waals surface area (Å²) in [5.74, 6) is 0. The Bertz CT molecular complexity index is 3620. The Morgan fingerprint density at radius 2 is 0.794 bits per heavy atom. The Labute approximate surface area is 375 Å². The zero-order valence-corrected chi connectivity index (χ0v) is 34.2. The van der Waals surface area contributed by atoms with Crippen molar-refractivity contribution in [2.75, 3.05) is 0 Å². The molecule has 0 saturated carbocycles. The van der Waals surface area contributed by atoms with Crippen molar-refractivity contribution in [3.8, 4) is 55.9 Å². The monoisotopic (exact) mass is 782 g/mol. The molecule has 14 radical (unpaired) electrons. The van der Waals surface area contributed by atoms with Gasteiger partial charge in [-0.1, -0.05) is 155 Å². The molecule has 2 aromatic heterocycles. The third-order valence-electron chi connectivity index (χ3n) is 12.5. The van der Waals surface area contributed by atoms with E-state index in [-0.39, 0.29) is 21.9 Å². The van der Waals surface area contributed by atoms with Gasteiger partial charge in [0.1, 0.15) is 54.9 Å². The van der Waals surface area contributed by atoms with Gasteiger partial charge in [0.05, 0.1) is 11.0 Å². The number of para-hydroxylation sites is 1. The lowest BCUT2D eigenvalue weighted by Gasteiger charge is -2.19. The van der Waals surface area contributed by atoms with Crippen molar-refractivity contribution in [3.63, 3.8) is 0 Å². The van der Waals surface area contributed by atoms with Gasteiger partial charge in [0, 0.05) is 38.6 Å². The number of nitrogens with zero attached hydrogens (tertiary/aromatic N) is 2. The van der Waals surface area contributed by atoms with Crippen LogP contribution >= 0.6 is 0 Å². The van der Waals surface area contributed by atoms with E-state index in [9.17, 15) is 0 Å². The third-order valence-corrected chi connectivity index (χ3v) is 12.5. The molecule has 2 heterocycles. The van der Waals surface area contributed by atoms with E-state index in [2.05, 4.69) is 132 Å². The van der Waals surface area contributed by atoms with Gasteiger partial charge in [0.15, 0.2) is 0 Å². The van der Waals surface area contributed by atoms with Crippen molar-refractivity contribution < 1.29 is 0 Å². The quantitative estimate of drug-likeness (QED) is 0.181. The highest BCUT2D eigenvalue weighted by atomic mass is 15.0. The van der Waals surface area contributed by atoms with Crippen LogP contribution in [0.3, 0.4) is 0 Å². The molecule has 9 heteroatoms. The van der Waals surface area contributed by atoms with Gasteiger partial charge in [-0.15, -0.1) is 10.9 Å². The van der Waals surface area contributed by atoms with Crippen LogP contribution in [0.4, 0.5) is 0 Å². The molecule has 0 amide bonds. The molecule has 0 aliphatic heterocycles. The van der Waals surface area contributed by atoms with E-state index in [1.807, 2.05) is 53.1 Å². The second-order valence-corrected chi connectivity index (χ2v) is 16.0. The van der Waals surface area contributed by atoms with E-state index in [0.29, 0.717) is 43.8 Å². The fourth-order valence-electron chi connectivity index (χ4n) is 9.51. The van der Waals surface area contributed by atoms with Gasteiger partial charge in [-0.25, -0.2) is 0 Å². The second-order valence-electron chi connectivity index (χ2n) is 16.0. The number of hydrogen-bond acceptors (Lipinski definition) is 0. The summed E-state index contributed by atoms with van der Waals surface area (Å²) in [6.07, 6.45) is 0. The number of rotatable bonds is 6. The van der Waals surface area contributed by atoms with Crippen molar-refractivity contribution in [1.29, 1.82) is 0 Å². The summed E-state index contributed by atoms with van der Waals surface area (Å²) >= 11 is 0. The summed E-state index contributed by atoms with van der Waals surface area (Å²) in [7, 11) is 48.8. The van der Waals surface area contributed by atoms with Gasteiger partial charge in [-0.05, 0) is 98.4 Å². The summed E-state index contributed by atoms with van der Waals surface area (Å²) in [5, 5.41) is 3.26. The molecule has 11 rings (SSSR count). The molecule has 0 fully saturated rings.